The van der Waals surface area contributed by atoms with E-state index >= 15 is 0 Å². The van der Waals surface area contributed by atoms with Crippen molar-refractivity contribution < 1.29 is 19.1 Å². The van der Waals surface area contributed by atoms with Crippen molar-refractivity contribution in [2.24, 2.45) is 0 Å². The van der Waals surface area contributed by atoms with E-state index in [1.54, 1.807) is 7.11 Å². The Morgan fingerprint density at radius 1 is 1.20 bits per heavy atom. The molecule has 1 unspecified atom stereocenters. The van der Waals surface area contributed by atoms with Crippen LogP contribution in [0.5, 0.6) is 5.75 Å². The van der Waals surface area contributed by atoms with Crippen molar-refractivity contribution in [1.29, 1.82) is 0 Å². The topological polar surface area (TPSA) is 87.7 Å². The third-order valence-corrected chi connectivity index (χ3v) is 4.94. The van der Waals surface area contributed by atoms with Gasteiger partial charge >= 0.3 is 6.03 Å². The van der Waals surface area contributed by atoms with Gasteiger partial charge in [-0.25, -0.2) is 4.79 Å². The number of hydrogen-bond donors (Lipinski definition) is 2. The number of benzene rings is 1. The van der Waals surface area contributed by atoms with Crippen molar-refractivity contribution in [3.63, 3.8) is 0 Å². The van der Waals surface area contributed by atoms with E-state index < -0.39 is 12.1 Å². The summed E-state index contributed by atoms with van der Waals surface area (Å²) in [5, 5.41) is 4.70. The van der Waals surface area contributed by atoms with Gasteiger partial charge < -0.3 is 15.0 Å². The largest absolute Gasteiger partial charge is 0.497 e. The summed E-state index contributed by atoms with van der Waals surface area (Å²) in [4.78, 5) is 36.8. The van der Waals surface area contributed by atoms with Gasteiger partial charge in [-0.2, -0.15) is 0 Å². The molecule has 2 fully saturated rings. The first-order valence-corrected chi connectivity index (χ1v) is 8.60. The fourth-order valence-electron chi connectivity index (χ4n) is 3.43. The zero-order chi connectivity index (χ0) is 17.8. The van der Waals surface area contributed by atoms with E-state index in [1.807, 2.05) is 17.0 Å². The van der Waals surface area contributed by atoms with Crippen LogP contribution in [0.1, 0.15) is 37.2 Å². The van der Waals surface area contributed by atoms with Gasteiger partial charge in [-0.05, 0) is 42.9 Å². The minimum atomic E-state index is -0.590. The summed E-state index contributed by atoms with van der Waals surface area (Å²) in [7, 11) is 1.65. The van der Waals surface area contributed by atoms with E-state index in [2.05, 4.69) is 22.8 Å². The van der Waals surface area contributed by atoms with Crippen molar-refractivity contribution in [2.45, 2.75) is 37.6 Å². The highest BCUT2D eigenvalue weighted by Crippen LogP contribution is 2.29. The lowest BCUT2D eigenvalue weighted by molar-refractivity contribution is -0.132. The highest BCUT2D eigenvalue weighted by atomic mass is 16.5. The lowest BCUT2D eigenvalue weighted by Gasteiger charge is -2.32. The maximum Gasteiger partial charge on any atom is 0.322 e. The van der Waals surface area contributed by atoms with Gasteiger partial charge in [-0.1, -0.05) is 12.1 Å². The normalized spacial score (nSPS) is 21.0. The second-order valence-electron chi connectivity index (χ2n) is 6.48. The molecule has 0 saturated carbocycles. The fraction of sp³-hybridized carbons (Fsp3) is 0.500. The summed E-state index contributed by atoms with van der Waals surface area (Å²) in [6.45, 7) is 1.44. The molecular formula is C18H23N3O4. The Labute approximate surface area is 146 Å². The molecule has 0 bridgehead atoms. The monoisotopic (exact) mass is 345 g/mol. The molecule has 25 heavy (non-hydrogen) atoms. The van der Waals surface area contributed by atoms with E-state index in [0.717, 1.165) is 31.7 Å². The standard InChI is InChI=1S/C18H23N3O4/c1-25-14-4-2-12(3-5-14)13-8-10-21(11-9-13)16(22)7-6-15-17(23)20-18(24)19-15/h2-5,13,15H,6-11H2,1H3,(H2,19,20,23,24). The maximum atomic E-state index is 12.3. The number of methoxy groups -OCH3 is 1. The number of likely N-dealkylation sites (tertiary alicyclic amines) is 1. The minimum absolute atomic E-state index is 0.0436. The van der Waals surface area contributed by atoms with Crippen molar-refractivity contribution >= 4 is 17.8 Å². The van der Waals surface area contributed by atoms with Gasteiger partial charge in [0.05, 0.1) is 7.11 Å². The summed E-state index contributed by atoms with van der Waals surface area (Å²) < 4.78 is 5.18. The first-order valence-electron chi connectivity index (χ1n) is 8.60. The van der Waals surface area contributed by atoms with E-state index in [9.17, 15) is 14.4 Å². The number of carbonyl (C=O) groups is 3. The van der Waals surface area contributed by atoms with Crippen LogP contribution in [-0.4, -0.2) is 49.0 Å². The van der Waals surface area contributed by atoms with Crippen LogP contribution in [0, 0.1) is 0 Å². The molecule has 0 aromatic heterocycles. The van der Waals surface area contributed by atoms with Crippen LogP contribution in [0.2, 0.25) is 0 Å². The molecule has 134 valence electrons. The van der Waals surface area contributed by atoms with Crippen LogP contribution in [-0.2, 0) is 9.59 Å². The van der Waals surface area contributed by atoms with Crippen molar-refractivity contribution in [3.8, 4) is 5.75 Å². The predicted molar refractivity (Wildman–Crippen MR) is 91.2 cm³/mol. The molecule has 4 amide bonds. The smallest absolute Gasteiger partial charge is 0.322 e. The maximum absolute atomic E-state index is 12.3. The quantitative estimate of drug-likeness (QED) is 0.790. The second-order valence-corrected chi connectivity index (χ2v) is 6.48. The van der Waals surface area contributed by atoms with Gasteiger partial charge in [0.1, 0.15) is 11.8 Å². The average Bonchev–Trinajstić information content (AvgIpc) is 2.97. The number of nitrogens with one attached hydrogen (secondary N) is 2. The van der Waals surface area contributed by atoms with Gasteiger partial charge in [-0.15, -0.1) is 0 Å². The molecule has 7 nitrogen and oxygen atoms in total. The number of urea groups is 1. The van der Waals surface area contributed by atoms with Gasteiger partial charge in [0.15, 0.2) is 0 Å². The number of rotatable bonds is 5. The Balaban J connectivity index is 1.45. The van der Waals surface area contributed by atoms with E-state index in [1.165, 1.54) is 5.56 Å². The molecule has 1 aromatic carbocycles. The molecule has 2 N–H and O–H groups in total. The highest BCUT2D eigenvalue weighted by Gasteiger charge is 2.31. The lowest BCUT2D eigenvalue weighted by Crippen LogP contribution is -2.39. The van der Waals surface area contributed by atoms with Gasteiger partial charge in [0, 0.05) is 19.5 Å². The zero-order valence-electron chi connectivity index (χ0n) is 14.3. The molecule has 2 aliphatic rings. The van der Waals surface area contributed by atoms with Crippen molar-refractivity contribution in [3.05, 3.63) is 29.8 Å². The lowest BCUT2D eigenvalue weighted by atomic mass is 9.89. The first-order chi connectivity index (χ1) is 12.1. The Hall–Kier alpha value is -2.57. The zero-order valence-corrected chi connectivity index (χ0v) is 14.3. The van der Waals surface area contributed by atoms with Crippen LogP contribution < -0.4 is 15.4 Å². The third-order valence-electron chi connectivity index (χ3n) is 4.94. The van der Waals surface area contributed by atoms with Gasteiger partial charge in [0.2, 0.25) is 5.91 Å². The molecule has 2 heterocycles. The molecule has 2 aliphatic heterocycles. The molecular weight excluding hydrogens is 322 g/mol. The minimum Gasteiger partial charge on any atom is -0.497 e. The number of nitrogens with zero attached hydrogens (tertiary/aromatic N) is 1. The average molecular weight is 345 g/mol. The number of ether oxygens (including phenoxy) is 1. The second kappa shape index (κ2) is 7.55. The first kappa shape index (κ1) is 17.3. The fourth-order valence-corrected chi connectivity index (χ4v) is 3.43. The van der Waals surface area contributed by atoms with Gasteiger partial charge in [0.25, 0.3) is 5.91 Å². The molecule has 3 rings (SSSR count). The number of piperidine rings is 1. The van der Waals surface area contributed by atoms with E-state index in [0.29, 0.717) is 12.3 Å². The van der Waals surface area contributed by atoms with Crippen molar-refractivity contribution in [1.82, 2.24) is 15.5 Å². The van der Waals surface area contributed by atoms with E-state index in [-0.39, 0.29) is 18.2 Å². The number of carbonyl (C=O) groups excluding carboxylic acids is 3. The Bertz CT molecular complexity index is 651. The predicted octanol–water partition coefficient (Wildman–Crippen LogP) is 1.39. The number of hydrogen-bond acceptors (Lipinski definition) is 4. The molecule has 2 saturated heterocycles. The van der Waals surface area contributed by atoms with Crippen LogP contribution in [0.25, 0.3) is 0 Å². The molecule has 0 spiro atoms. The molecule has 1 atom stereocenters. The molecule has 1 aromatic rings. The van der Waals surface area contributed by atoms with Gasteiger partial charge in [-0.3, -0.25) is 14.9 Å². The summed E-state index contributed by atoms with van der Waals surface area (Å²) in [5.74, 6) is 0.993. The summed E-state index contributed by atoms with van der Waals surface area (Å²) in [5.41, 5.74) is 1.28. The summed E-state index contributed by atoms with van der Waals surface area (Å²) in [6, 6.07) is 7.03. The SMILES string of the molecule is COc1ccc(C2CCN(C(=O)CCC3NC(=O)NC3=O)CC2)cc1. The number of imide groups is 1. The summed E-state index contributed by atoms with van der Waals surface area (Å²) in [6.07, 6.45) is 2.47. The Kier molecular flexibility index (Phi) is 5.21. The molecule has 0 radical (unpaired) electrons. The highest BCUT2D eigenvalue weighted by molar-refractivity contribution is 6.04. The van der Waals surface area contributed by atoms with E-state index in [4.69, 9.17) is 4.74 Å². The van der Waals surface area contributed by atoms with Crippen LogP contribution in [0.3, 0.4) is 0 Å². The molecule has 0 aliphatic carbocycles. The van der Waals surface area contributed by atoms with Crippen LogP contribution in [0.4, 0.5) is 4.79 Å². The Morgan fingerprint density at radius 3 is 2.44 bits per heavy atom. The van der Waals surface area contributed by atoms with Crippen LogP contribution >= 0.6 is 0 Å². The Morgan fingerprint density at radius 2 is 1.88 bits per heavy atom. The number of amides is 4. The third kappa shape index (κ3) is 4.10. The molecule has 7 heteroatoms. The van der Waals surface area contributed by atoms with Crippen molar-refractivity contribution in [2.75, 3.05) is 20.2 Å². The van der Waals surface area contributed by atoms with Crippen LogP contribution in [0.15, 0.2) is 24.3 Å². The summed E-state index contributed by atoms with van der Waals surface area (Å²) >= 11 is 0.